The van der Waals surface area contributed by atoms with Crippen molar-refractivity contribution in [3.05, 3.63) is 198 Å². The highest BCUT2D eigenvalue weighted by atomic mass is 16.3. The minimum Gasteiger partial charge on any atom is -0.460 e. The van der Waals surface area contributed by atoms with Crippen LogP contribution in [0.25, 0.3) is 88.4 Å². The van der Waals surface area contributed by atoms with E-state index in [1.54, 1.807) is 0 Å². The van der Waals surface area contributed by atoms with Crippen LogP contribution in [0.1, 0.15) is 53.5 Å². The fourth-order valence-corrected chi connectivity index (χ4v) is 9.23. The van der Waals surface area contributed by atoms with Gasteiger partial charge in [-0.2, -0.15) is 0 Å². The second kappa shape index (κ2) is 13.1. The molecule has 0 spiro atoms. The first-order chi connectivity index (χ1) is 28.7. The standard InChI is InChI=1S/C53H35N3O2/c1-2-14-33(15-3-1)51-54-52(35-26-25-32-13-4-5-16-34(32)31-35)56-53(55-51)42-30-27-38(36-17-6-7-18-37(36)42)40-28-29-41(50-49(40)44-20-9-11-23-46(44)58-50)39-21-12-24-47-48(39)43-19-8-10-22-45(43)57-47/h2,4-28,30-31,41H,1,3,29H2. The van der Waals surface area contributed by atoms with Crippen LogP contribution in [0.4, 0.5) is 0 Å². The zero-order chi connectivity index (χ0) is 38.2. The topological polar surface area (TPSA) is 65.0 Å². The maximum Gasteiger partial charge on any atom is 0.164 e. The largest absolute Gasteiger partial charge is 0.460 e. The summed E-state index contributed by atoms with van der Waals surface area (Å²) in [4.78, 5) is 15.5. The van der Waals surface area contributed by atoms with Crippen LogP contribution in [-0.4, -0.2) is 15.0 Å². The number of para-hydroxylation sites is 2. The third-order valence-corrected chi connectivity index (χ3v) is 11.9. The smallest absolute Gasteiger partial charge is 0.164 e. The van der Waals surface area contributed by atoms with E-state index in [4.69, 9.17) is 23.8 Å². The van der Waals surface area contributed by atoms with Crippen molar-refractivity contribution in [3.8, 4) is 22.8 Å². The molecule has 3 heterocycles. The van der Waals surface area contributed by atoms with Crippen LogP contribution in [-0.2, 0) is 0 Å². The first kappa shape index (κ1) is 32.8. The predicted molar refractivity (Wildman–Crippen MR) is 236 cm³/mol. The van der Waals surface area contributed by atoms with E-state index in [1.807, 2.05) is 12.1 Å². The molecule has 5 heteroatoms. The molecule has 274 valence electrons. The van der Waals surface area contributed by atoms with E-state index in [1.165, 1.54) is 16.5 Å². The quantitative estimate of drug-likeness (QED) is 0.175. The highest BCUT2D eigenvalue weighted by molar-refractivity contribution is 6.10. The van der Waals surface area contributed by atoms with E-state index in [2.05, 4.69) is 158 Å². The second-order valence-corrected chi connectivity index (χ2v) is 15.3. The van der Waals surface area contributed by atoms with Gasteiger partial charge in [0, 0.05) is 44.3 Å². The van der Waals surface area contributed by atoms with Gasteiger partial charge in [0.15, 0.2) is 17.5 Å². The Morgan fingerprint density at radius 3 is 2.03 bits per heavy atom. The minimum atomic E-state index is 0.0155. The summed E-state index contributed by atoms with van der Waals surface area (Å²) < 4.78 is 13.2. The molecule has 0 bridgehead atoms. The van der Waals surface area contributed by atoms with Crippen LogP contribution >= 0.6 is 0 Å². The van der Waals surface area contributed by atoms with Crippen LogP contribution in [0.5, 0.6) is 0 Å². The summed E-state index contributed by atoms with van der Waals surface area (Å²) >= 11 is 0. The first-order valence-corrected chi connectivity index (χ1v) is 20.0. The first-order valence-electron chi connectivity index (χ1n) is 20.0. The van der Waals surface area contributed by atoms with Crippen LogP contribution in [0.2, 0.25) is 0 Å². The third kappa shape index (κ3) is 5.20. The number of fused-ring (bicyclic) bond motifs is 8. The molecule has 58 heavy (non-hydrogen) atoms. The molecule has 0 aliphatic heterocycles. The zero-order valence-electron chi connectivity index (χ0n) is 31.5. The molecule has 5 nitrogen and oxygen atoms in total. The van der Waals surface area contributed by atoms with Crippen molar-refractivity contribution in [3.63, 3.8) is 0 Å². The summed E-state index contributed by atoms with van der Waals surface area (Å²) in [5, 5.41) is 7.95. The highest BCUT2D eigenvalue weighted by Crippen LogP contribution is 2.49. The van der Waals surface area contributed by atoms with Gasteiger partial charge in [0.25, 0.3) is 0 Å². The van der Waals surface area contributed by atoms with Crippen molar-refractivity contribution in [2.75, 3.05) is 0 Å². The number of furan rings is 2. The second-order valence-electron chi connectivity index (χ2n) is 15.3. The Morgan fingerprint density at radius 1 is 0.500 bits per heavy atom. The van der Waals surface area contributed by atoms with Crippen molar-refractivity contribution in [2.24, 2.45) is 0 Å². The molecule has 0 saturated heterocycles. The van der Waals surface area contributed by atoms with Crippen LogP contribution in [0.3, 0.4) is 0 Å². The van der Waals surface area contributed by atoms with E-state index >= 15 is 0 Å². The average Bonchev–Trinajstić information content (AvgIpc) is 3.88. The molecule has 2 aliphatic rings. The summed E-state index contributed by atoms with van der Waals surface area (Å²) in [5.41, 5.74) is 10.3. The molecular formula is C53H35N3O2. The summed E-state index contributed by atoms with van der Waals surface area (Å²) in [6.07, 6.45) is 11.8. The summed E-state index contributed by atoms with van der Waals surface area (Å²) in [7, 11) is 0. The van der Waals surface area contributed by atoms with Gasteiger partial charge in [0.1, 0.15) is 22.5 Å². The zero-order valence-corrected chi connectivity index (χ0v) is 31.5. The fourth-order valence-electron chi connectivity index (χ4n) is 9.23. The maximum absolute atomic E-state index is 6.90. The van der Waals surface area contributed by atoms with E-state index in [-0.39, 0.29) is 5.92 Å². The van der Waals surface area contributed by atoms with E-state index in [0.29, 0.717) is 17.5 Å². The number of aromatic nitrogens is 3. The van der Waals surface area contributed by atoms with Crippen molar-refractivity contribution >= 4 is 65.6 Å². The van der Waals surface area contributed by atoms with Crippen LogP contribution in [0.15, 0.2) is 179 Å². The van der Waals surface area contributed by atoms with Gasteiger partial charge in [-0.25, -0.2) is 15.0 Å². The Kier molecular flexibility index (Phi) is 7.42. The number of rotatable bonds is 5. The van der Waals surface area contributed by atoms with Crippen molar-refractivity contribution in [1.82, 2.24) is 15.0 Å². The Hall–Kier alpha value is -7.37. The molecule has 12 rings (SSSR count). The Morgan fingerprint density at radius 2 is 1.19 bits per heavy atom. The molecule has 10 aromatic rings. The molecular weight excluding hydrogens is 711 g/mol. The maximum atomic E-state index is 6.90. The van der Waals surface area contributed by atoms with E-state index < -0.39 is 0 Å². The Labute approximate surface area is 334 Å². The monoisotopic (exact) mass is 745 g/mol. The van der Waals surface area contributed by atoms with Gasteiger partial charge in [0.05, 0.1) is 0 Å². The van der Waals surface area contributed by atoms with Gasteiger partial charge < -0.3 is 8.83 Å². The van der Waals surface area contributed by atoms with Gasteiger partial charge in [-0.3, -0.25) is 0 Å². The lowest BCUT2D eigenvalue weighted by Crippen LogP contribution is -2.08. The van der Waals surface area contributed by atoms with Crippen molar-refractivity contribution < 1.29 is 8.83 Å². The van der Waals surface area contributed by atoms with Crippen LogP contribution in [0, 0.1) is 0 Å². The molecule has 3 aromatic heterocycles. The number of allylic oxidation sites excluding steroid dienone is 5. The molecule has 0 N–H and O–H groups in total. The van der Waals surface area contributed by atoms with Crippen molar-refractivity contribution in [2.45, 2.75) is 25.2 Å². The van der Waals surface area contributed by atoms with Gasteiger partial charge >= 0.3 is 0 Å². The molecule has 1 unspecified atom stereocenters. The van der Waals surface area contributed by atoms with E-state index in [0.717, 1.165) is 102 Å². The van der Waals surface area contributed by atoms with E-state index in [9.17, 15) is 0 Å². The summed E-state index contributed by atoms with van der Waals surface area (Å²) in [6.45, 7) is 0. The van der Waals surface area contributed by atoms with Gasteiger partial charge in [0.2, 0.25) is 0 Å². The fraction of sp³-hybridized carbons (Fsp3) is 0.0755. The summed E-state index contributed by atoms with van der Waals surface area (Å²) in [6, 6.07) is 51.1. The molecule has 0 fully saturated rings. The Bertz CT molecular complexity index is 3400. The molecule has 1 atom stereocenters. The average molecular weight is 746 g/mol. The number of benzene rings is 7. The van der Waals surface area contributed by atoms with Gasteiger partial charge in [-0.15, -0.1) is 0 Å². The lowest BCUT2D eigenvalue weighted by atomic mass is 9.79. The number of nitrogens with zero attached hydrogens (tertiary/aromatic N) is 3. The Balaban J connectivity index is 1.03. The summed E-state index contributed by atoms with van der Waals surface area (Å²) in [5.74, 6) is 3.01. The SMILES string of the molecule is C1=CC(c2nc(-c3ccc4ccccc4c3)nc(-c3ccc(C4=CCC(c5cccc6oc7ccccc7c56)c5oc6ccccc6c54)c4ccccc34)n2)=CCC1. The number of hydrogen-bond donors (Lipinski definition) is 0. The molecule has 0 saturated carbocycles. The van der Waals surface area contributed by atoms with Crippen molar-refractivity contribution in [1.29, 1.82) is 0 Å². The molecule has 0 radical (unpaired) electrons. The molecule has 7 aromatic carbocycles. The van der Waals surface area contributed by atoms with Gasteiger partial charge in [-0.05, 0) is 87.8 Å². The molecule has 2 aliphatic carbocycles. The normalized spacial score (nSPS) is 15.3. The minimum absolute atomic E-state index is 0.0155. The van der Waals surface area contributed by atoms with Gasteiger partial charge in [-0.1, -0.05) is 140 Å². The highest BCUT2D eigenvalue weighted by Gasteiger charge is 2.32. The third-order valence-electron chi connectivity index (χ3n) is 11.9. The molecule has 0 amide bonds. The van der Waals surface area contributed by atoms with Crippen LogP contribution < -0.4 is 0 Å². The predicted octanol–water partition coefficient (Wildman–Crippen LogP) is 13.9. The lowest BCUT2D eigenvalue weighted by Gasteiger charge is -2.24. The lowest BCUT2D eigenvalue weighted by molar-refractivity contribution is 0.517. The number of hydrogen-bond acceptors (Lipinski definition) is 5.